The highest BCUT2D eigenvalue weighted by molar-refractivity contribution is 9.09. The van der Waals surface area contributed by atoms with Crippen LogP contribution < -0.4 is 5.32 Å². The number of nitrogens with one attached hydrogen (secondary N) is 1. The molecule has 0 atom stereocenters. The fourth-order valence-electron chi connectivity index (χ4n) is 1.86. The maximum atomic E-state index is 3.46. The van der Waals surface area contributed by atoms with Crippen LogP contribution in [0, 0.1) is 0 Å². The minimum Gasteiger partial charge on any atom is -0.313 e. The smallest absolute Gasteiger partial charge is 0.0211 e. The fraction of sp³-hybridized carbons (Fsp3) is 0.286. The van der Waals surface area contributed by atoms with E-state index >= 15 is 0 Å². The number of alkyl halides is 1. The molecule has 2 rings (SSSR count). The number of halogens is 1. The largest absolute Gasteiger partial charge is 0.313 e. The van der Waals surface area contributed by atoms with Crippen LogP contribution in [-0.4, -0.2) is 11.9 Å². The molecule has 0 bridgehead atoms. The molecule has 0 amide bonds. The van der Waals surface area contributed by atoms with Gasteiger partial charge in [-0.1, -0.05) is 58.4 Å². The van der Waals surface area contributed by atoms with Gasteiger partial charge in [0.05, 0.1) is 0 Å². The van der Waals surface area contributed by atoms with E-state index in [1.165, 1.54) is 22.8 Å². The molecule has 1 nitrogen and oxygen atoms in total. The van der Waals surface area contributed by atoms with E-state index in [1.807, 2.05) is 0 Å². The van der Waals surface area contributed by atoms with E-state index in [4.69, 9.17) is 0 Å². The molecule has 1 N–H and O–H groups in total. The Morgan fingerprint density at radius 2 is 1.81 bits per heavy atom. The highest BCUT2D eigenvalue weighted by atomic mass is 79.9. The molecule has 2 aromatic carbocycles. The van der Waals surface area contributed by atoms with Crippen LogP contribution >= 0.6 is 15.9 Å². The third-order valence-electron chi connectivity index (χ3n) is 2.68. The summed E-state index contributed by atoms with van der Waals surface area (Å²) in [6, 6.07) is 15.0. The Morgan fingerprint density at radius 1 is 1.00 bits per heavy atom. The van der Waals surface area contributed by atoms with Gasteiger partial charge in [0.1, 0.15) is 0 Å². The van der Waals surface area contributed by atoms with Crippen molar-refractivity contribution in [3.8, 4) is 0 Å². The van der Waals surface area contributed by atoms with Gasteiger partial charge in [-0.2, -0.15) is 0 Å². The molecule has 0 saturated heterocycles. The van der Waals surface area contributed by atoms with Crippen molar-refractivity contribution < 1.29 is 0 Å². The first-order valence-electron chi connectivity index (χ1n) is 5.65. The molecule has 0 radical (unpaired) electrons. The second-order valence-electron chi connectivity index (χ2n) is 3.86. The molecular weight excluding hydrogens is 262 g/mol. The summed E-state index contributed by atoms with van der Waals surface area (Å²) in [7, 11) is 0. The van der Waals surface area contributed by atoms with E-state index in [9.17, 15) is 0 Å². The van der Waals surface area contributed by atoms with Crippen LogP contribution in [0.1, 0.15) is 12.0 Å². The molecule has 0 saturated carbocycles. The van der Waals surface area contributed by atoms with Crippen molar-refractivity contribution in [3.63, 3.8) is 0 Å². The Hall–Kier alpha value is -0.860. The normalized spacial score (nSPS) is 10.8. The molecule has 0 heterocycles. The van der Waals surface area contributed by atoms with Gasteiger partial charge in [-0.3, -0.25) is 0 Å². The summed E-state index contributed by atoms with van der Waals surface area (Å²) in [5.74, 6) is 0. The second-order valence-corrected chi connectivity index (χ2v) is 4.65. The van der Waals surface area contributed by atoms with Crippen molar-refractivity contribution in [2.75, 3.05) is 11.9 Å². The van der Waals surface area contributed by atoms with E-state index in [2.05, 4.69) is 63.7 Å². The van der Waals surface area contributed by atoms with Crippen molar-refractivity contribution >= 4 is 26.7 Å². The number of rotatable bonds is 5. The third kappa shape index (κ3) is 2.83. The molecule has 2 aromatic rings. The van der Waals surface area contributed by atoms with Gasteiger partial charge >= 0.3 is 0 Å². The highest BCUT2D eigenvalue weighted by Gasteiger charge is 1.98. The Morgan fingerprint density at radius 3 is 2.69 bits per heavy atom. The molecule has 0 unspecified atom stereocenters. The summed E-state index contributed by atoms with van der Waals surface area (Å²) in [6.07, 6.45) is 1.17. The predicted octanol–water partition coefficient (Wildman–Crippen LogP) is 3.71. The average molecular weight is 278 g/mol. The summed E-state index contributed by atoms with van der Waals surface area (Å²) >= 11 is 3.44. The first-order chi connectivity index (χ1) is 7.92. The highest BCUT2D eigenvalue weighted by Crippen LogP contribution is 2.18. The zero-order valence-corrected chi connectivity index (χ0v) is 10.8. The Kier molecular flexibility index (Phi) is 4.37. The minimum absolute atomic E-state index is 0.953. The topological polar surface area (TPSA) is 12.0 Å². The predicted molar refractivity (Wildman–Crippen MR) is 74.1 cm³/mol. The number of fused-ring (bicyclic) bond motifs is 1. The van der Waals surface area contributed by atoms with Gasteiger partial charge in [-0.15, -0.1) is 0 Å². The molecule has 0 aliphatic rings. The maximum Gasteiger partial charge on any atom is 0.0211 e. The lowest BCUT2D eigenvalue weighted by atomic mass is 10.0. The SMILES string of the molecule is BrCCCNCc1cccc2ccccc12. The van der Waals surface area contributed by atoms with E-state index in [-0.39, 0.29) is 0 Å². The summed E-state index contributed by atoms with van der Waals surface area (Å²) in [5.41, 5.74) is 1.38. The Balaban J connectivity index is 2.11. The standard InChI is InChI=1S/C14H16BrN/c15-9-4-10-16-11-13-7-3-6-12-5-1-2-8-14(12)13/h1-3,5-8,16H,4,9-11H2. The fourth-order valence-corrected chi connectivity index (χ4v) is 2.14. The van der Waals surface area contributed by atoms with Crippen LogP contribution in [0.2, 0.25) is 0 Å². The number of hydrogen-bond donors (Lipinski definition) is 1. The zero-order valence-electron chi connectivity index (χ0n) is 9.25. The van der Waals surface area contributed by atoms with Gasteiger partial charge in [0, 0.05) is 11.9 Å². The van der Waals surface area contributed by atoms with Crippen molar-refractivity contribution in [1.29, 1.82) is 0 Å². The van der Waals surface area contributed by atoms with Gasteiger partial charge < -0.3 is 5.32 Å². The molecule has 0 spiro atoms. The monoisotopic (exact) mass is 277 g/mol. The van der Waals surface area contributed by atoms with E-state index in [1.54, 1.807) is 0 Å². The number of hydrogen-bond acceptors (Lipinski definition) is 1. The summed E-state index contributed by atoms with van der Waals surface area (Å²) in [6.45, 7) is 2.02. The molecule has 16 heavy (non-hydrogen) atoms. The molecule has 84 valence electrons. The van der Waals surface area contributed by atoms with Crippen molar-refractivity contribution in [2.45, 2.75) is 13.0 Å². The molecule has 0 aromatic heterocycles. The maximum absolute atomic E-state index is 3.46. The van der Waals surface area contributed by atoms with Gasteiger partial charge in [-0.05, 0) is 29.3 Å². The van der Waals surface area contributed by atoms with E-state index < -0.39 is 0 Å². The summed E-state index contributed by atoms with van der Waals surface area (Å²) in [5, 5.41) is 7.21. The van der Waals surface area contributed by atoms with Crippen LogP contribution in [0.25, 0.3) is 10.8 Å². The van der Waals surface area contributed by atoms with Gasteiger partial charge in [-0.25, -0.2) is 0 Å². The van der Waals surface area contributed by atoms with Gasteiger partial charge in [0.15, 0.2) is 0 Å². The molecule has 0 aliphatic heterocycles. The Labute approximate surface area is 105 Å². The third-order valence-corrected chi connectivity index (χ3v) is 3.24. The molecular formula is C14H16BrN. The van der Waals surface area contributed by atoms with E-state index in [0.717, 1.165) is 18.4 Å². The molecule has 0 aliphatic carbocycles. The Bertz CT molecular complexity index is 448. The van der Waals surface area contributed by atoms with Gasteiger partial charge in [0.2, 0.25) is 0 Å². The van der Waals surface area contributed by atoms with Crippen LogP contribution in [0.5, 0.6) is 0 Å². The average Bonchev–Trinajstić information content (AvgIpc) is 2.35. The van der Waals surface area contributed by atoms with Crippen molar-refractivity contribution in [3.05, 3.63) is 48.0 Å². The lowest BCUT2D eigenvalue weighted by Gasteiger charge is -2.07. The summed E-state index contributed by atoms with van der Waals surface area (Å²) in [4.78, 5) is 0. The molecule has 2 heteroatoms. The van der Waals surface area contributed by atoms with Crippen LogP contribution in [-0.2, 0) is 6.54 Å². The number of benzene rings is 2. The van der Waals surface area contributed by atoms with E-state index in [0.29, 0.717) is 0 Å². The van der Waals surface area contributed by atoms with Crippen molar-refractivity contribution in [2.24, 2.45) is 0 Å². The quantitative estimate of drug-likeness (QED) is 0.649. The first-order valence-corrected chi connectivity index (χ1v) is 6.77. The van der Waals surface area contributed by atoms with Crippen molar-refractivity contribution in [1.82, 2.24) is 5.32 Å². The lowest BCUT2D eigenvalue weighted by molar-refractivity contribution is 0.683. The van der Waals surface area contributed by atoms with Gasteiger partial charge in [0.25, 0.3) is 0 Å². The summed E-state index contributed by atoms with van der Waals surface area (Å²) < 4.78 is 0. The first kappa shape index (κ1) is 11.6. The van der Waals surface area contributed by atoms with Crippen LogP contribution in [0.15, 0.2) is 42.5 Å². The van der Waals surface area contributed by atoms with Crippen LogP contribution in [0.3, 0.4) is 0 Å². The lowest BCUT2D eigenvalue weighted by Crippen LogP contribution is -2.15. The minimum atomic E-state index is 0.953. The van der Waals surface area contributed by atoms with Crippen LogP contribution in [0.4, 0.5) is 0 Å². The molecule has 0 fully saturated rings. The second kappa shape index (κ2) is 6.02. The zero-order chi connectivity index (χ0) is 11.2.